The number of rotatable bonds is 4. The van der Waals surface area contributed by atoms with E-state index in [0.717, 1.165) is 25.9 Å². The van der Waals surface area contributed by atoms with Crippen LogP contribution in [0.25, 0.3) is 0 Å². The highest BCUT2D eigenvalue weighted by Gasteiger charge is 2.17. The highest BCUT2D eigenvalue weighted by atomic mass is 79.9. The van der Waals surface area contributed by atoms with E-state index in [1.54, 1.807) is 0 Å². The Bertz CT molecular complexity index is 684. The van der Waals surface area contributed by atoms with E-state index >= 15 is 0 Å². The molecule has 0 saturated carbocycles. The average molecular weight is 392 g/mol. The summed E-state index contributed by atoms with van der Waals surface area (Å²) in [6.07, 6.45) is 0. The number of hydrogen-bond donors (Lipinski definition) is 0. The van der Waals surface area contributed by atoms with Gasteiger partial charge in [-0.2, -0.15) is 0 Å². The summed E-state index contributed by atoms with van der Waals surface area (Å²) >= 11 is 9.48. The Balaban J connectivity index is 1.97. The van der Waals surface area contributed by atoms with Crippen molar-refractivity contribution in [3.63, 3.8) is 0 Å². The molecular formula is C18H13BrClOP. The maximum Gasteiger partial charge on any atom is 0.150 e. The first-order valence-corrected chi connectivity index (χ1v) is 9.20. The Labute approximate surface area is 144 Å². The van der Waals surface area contributed by atoms with E-state index in [1.165, 1.54) is 0 Å². The van der Waals surface area contributed by atoms with Crippen LogP contribution < -0.4 is 15.1 Å². The second-order valence-electron chi connectivity index (χ2n) is 4.65. The van der Waals surface area contributed by atoms with Crippen molar-refractivity contribution < 1.29 is 4.52 Å². The fourth-order valence-corrected chi connectivity index (χ4v) is 4.07. The van der Waals surface area contributed by atoms with Crippen LogP contribution in [0.5, 0.6) is 5.75 Å². The van der Waals surface area contributed by atoms with Gasteiger partial charge in [0.25, 0.3) is 0 Å². The smallest absolute Gasteiger partial charge is 0.150 e. The number of benzene rings is 3. The number of hydrogen-bond acceptors (Lipinski definition) is 1. The minimum atomic E-state index is -0.931. The summed E-state index contributed by atoms with van der Waals surface area (Å²) in [5.74, 6) is 0.867. The van der Waals surface area contributed by atoms with Gasteiger partial charge in [0.2, 0.25) is 0 Å². The van der Waals surface area contributed by atoms with E-state index in [0.29, 0.717) is 0 Å². The van der Waals surface area contributed by atoms with Gasteiger partial charge < -0.3 is 4.52 Å². The molecule has 0 radical (unpaired) electrons. The molecule has 1 atom stereocenters. The van der Waals surface area contributed by atoms with Crippen LogP contribution in [0.1, 0.15) is 0 Å². The van der Waals surface area contributed by atoms with Crippen molar-refractivity contribution in [1.82, 2.24) is 0 Å². The van der Waals surface area contributed by atoms with Crippen LogP contribution in [0.4, 0.5) is 0 Å². The van der Waals surface area contributed by atoms with Crippen molar-refractivity contribution in [2.24, 2.45) is 0 Å². The van der Waals surface area contributed by atoms with Gasteiger partial charge in [0.05, 0.1) is 0 Å². The van der Waals surface area contributed by atoms with Crippen molar-refractivity contribution >= 4 is 46.3 Å². The van der Waals surface area contributed by atoms with Crippen molar-refractivity contribution in [2.75, 3.05) is 0 Å². The molecule has 0 spiro atoms. The second kappa shape index (κ2) is 7.28. The second-order valence-corrected chi connectivity index (χ2v) is 7.81. The molecule has 0 N–H and O–H groups in total. The summed E-state index contributed by atoms with van der Waals surface area (Å²) in [5.41, 5.74) is 0. The predicted octanol–water partition coefficient (Wildman–Crippen LogP) is 5.53. The highest BCUT2D eigenvalue weighted by Crippen LogP contribution is 2.37. The summed E-state index contributed by atoms with van der Waals surface area (Å²) in [5, 5.41) is 3.02. The van der Waals surface area contributed by atoms with Gasteiger partial charge in [-0.05, 0) is 60.7 Å². The van der Waals surface area contributed by atoms with Gasteiger partial charge in [-0.1, -0.05) is 45.7 Å². The molecule has 0 aliphatic rings. The fraction of sp³-hybridized carbons (Fsp3) is 0. The first kappa shape index (κ1) is 15.6. The van der Waals surface area contributed by atoms with E-state index < -0.39 is 8.15 Å². The third kappa shape index (κ3) is 3.89. The molecule has 3 rings (SSSR count). The van der Waals surface area contributed by atoms with Crippen molar-refractivity contribution in [1.29, 1.82) is 0 Å². The molecule has 0 amide bonds. The Hall–Kier alpha value is -1.34. The quantitative estimate of drug-likeness (QED) is 0.531. The fourth-order valence-electron chi connectivity index (χ4n) is 1.99. The molecule has 0 aliphatic carbocycles. The molecule has 1 unspecified atom stereocenters. The number of para-hydroxylation sites is 1. The van der Waals surface area contributed by atoms with Crippen LogP contribution in [-0.4, -0.2) is 0 Å². The lowest BCUT2D eigenvalue weighted by atomic mass is 10.3. The number of halogens is 2. The van der Waals surface area contributed by atoms with Crippen LogP contribution in [0.2, 0.25) is 5.02 Å². The topological polar surface area (TPSA) is 9.23 Å². The Kier molecular flexibility index (Phi) is 5.15. The molecular weight excluding hydrogens is 379 g/mol. The Morgan fingerprint density at radius 1 is 0.727 bits per heavy atom. The van der Waals surface area contributed by atoms with Gasteiger partial charge in [0.1, 0.15) is 5.75 Å². The Morgan fingerprint density at radius 2 is 1.27 bits per heavy atom. The van der Waals surface area contributed by atoms with E-state index in [1.807, 2.05) is 66.7 Å². The third-order valence-electron chi connectivity index (χ3n) is 3.06. The first-order valence-electron chi connectivity index (χ1n) is 6.77. The van der Waals surface area contributed by atoms with Crippen molar-refractivity contribution in [3.8, 4) is 5.75 Å². The minimum absolute atomic E-state index is 0.731. The summed E-state index contributed by atoms with van der Waals surface area (Å²) in [6.45, 7) is 0. The van der Waals surface area contributed by atoms with Crippen LogP contribution >= 0.6 is 35.7 Å². The first-order chi connectivity index (χ1) is 10.7. The zero-order chi connectivity index (χ0) is 15.4. The standard InChI is InChI=1S/C18H13BrClOP/c19-14-6-10-17(11-7-14)22(18-12-8-15(20)9-13-18)21-16-4-2-1-3-5-16/h1-13H. The average Bonchev–Trinajstić information content (AvgIpc) is 2.56. The zero-order valence-corrected chi connectivity index (χ0v) is 14.9. The van der Waals surface area contributed by atoms with Gasteiger partial charge in [-0.15, -0.1) is 0 Å². The van der Waals surface area contributed by atoms with E-state index in [-0.39, 0.29) is 0 Å². The summed E-state index contributed by atoms with van der Waals surface area (Å²) in [6, 6.07) is 26.0. The lowest BCUT2D eigenvalue weighted by Gasteiger charge is -2.19. The molecule has 0 fully saturated rings. The maximum atomic E-state index is 6.27. The minimum Gasteiger partial charge on any atom is -0.464 e. The molecule has 0 heterocycles. The molecule has 3 aromatic carbocycles. The van der Waals surface area contributed by atoms with Crippen LogP contribution in [0, 0.1) is 0 Å². The van der Waals surface area contributed by atoms with Gasteiger partial charge >= 0.3 is 0 Å². The maximum absolute atomic E-state index is 6.27. The van der Waals surface area contributed by atoms with Gasteiger partial charge in [-0.3, -0.25) is 0 Å². The molecule has 110 valence electrons. The molecule has 0 aliphatic heterocycles. The van der Waals surface area contributed by atoms with Gasteiger partial charge in [0.15, 0.2) is 8.15 Å². The largest absolute Gasteiger partial charge is 0.464 e. The molecule has 0 saturated heterocycles. The van der Waals surface area contributed by atoms with Crippen molar-refractivity contribution in [2.45, 2.75) is 0 Å². The molecule has 0 bridgehead atoms. The van der Waals surface area contributed by atoms with E-state index in [2.05, 4.69) is 28.1 Å². The summed E-state index contributed by atoms with van der Waals surface area (Å²) in [7, 11) is -0.931. The van der Waals surface area contributed by atoms with E-state index in [4.69, 9.17) is 16.1 Å². The zero-order valence-electron chi connectivity index (χ0n) is 11.6. The molecule has 0 aromatic heterocycles. The predicted molar refractivity (Wildman–Crippen MR) is 98.9 cm³/mol. The lowest BCUT2D eigenvalue weighted by Crippen LogP contribution is -2.15. The SMILES string of the molecule is Clc1ccc(P(Oc2ccccc2)c2ccc(Br)cc2)cc1. The third-order valence-corrected chi connectivity index (χ3v) is 5.77. The monoisotopic (exact) mass is 390 g/mol. The van der Waals surface area contributed by atoms with Crippen LogP contribution in [0.3, 0.4) is 0 Å². The normalized spacial score (nSPS) is 11.9. The van der Waals surface area contributed by atoms with Gasteiger partial charge in [-0.25, -0.2) is 0 Å². The van der Waals surface area contributed by atoms with Crippen LogP contribution in [0.15, 0.2) is 83.3 Å². The summed E-state index contributed by atoms with van der Waals surface area (Å²) < 4.78 is 7.33. The van der Waals surface area contributed by atoms with Gasteiger partial charge in [0, 0.05) is 20.1 Å². The molecule has 1 nitrogen and oxygen atoms in total. The molecule has 22 heavy (non-hydrogen) atoms. The highest BCUT2D eigenvalue weighted by molar-refractivity contribution is 9.10. The Morgan fingerprint density at radius 3 is 1.86 bits per heavy atom. The molecule has 3 aromatic rings. The summed E-state index contributed by atoms with van der Waals surface area (Å²) in [4.78, 5) is 0. The molecule has 4 heteroatoms. The van der Waals surface area contributed by atoms with Crippen LogP contribution in [-0.2, 0) is 0 Å². The lowest BCUT2D eigenvalue weighted by molar-refractivity contribution is 0.630. The van der Waals surface area contributed by atoms with E-state index in [9.17, 15) is 0 Å². The van der Waals surface area contributed by atoms with Crippen molar-refractivity contribution in [3.05, 3.63) is 88.4 Å².